The quantitative estimate of drug-likeness (QED) is 0.241. The van der Waals surface area contributed by atoms with Crippen LogP contribution in [-0.2, 0) is 18.8 Å². The Bertz CT molecular complexity index is 1370. The second-order valence-electron chi connectivity index (χ2n) is 10.9. The Labute approximate surface area is 269 Å². The molecule has 5 rings (SSSR count). The number of nitrogens with zero attached hydrogens (tertiary/aromatic N) is 3. The lowest BCUT2D eigenvalue weighted by Crippen LogP contribution is -2.56. The van der Waals surface area contributed by atoms with E-state index in [0.717, 1.165) is 60.4 Å². The number of alkyl halides is 6. The van der Waals surface area contributed by atoms with Crippen LogP contribution in [0.4, 0.5) is 26.3 Å². The van der Waals surface area contributed by atoms with Crippen molar-refractivity contribution in [2.75, 3.05) is 57.3 Å². The average Bonchev–Trinajstić information content (AvgIpc) is 2.96. The highest BCUT2D eigenvalue weighted by Gasteiger charge is 2.39. The lowest BCUT2D eigenvalue weighted by Gasteiger charge is -2.42. The fourth-order valence-corrected chi connectivity index (χ4v) is 6.77. The number of benzene rings is 3. The number of carbonyl (C=O) groups is 1. The molecule has 4 nitrogen and oxygen atoms in total. The van der Waals surface area contributed by atoms with Gasteiger partial charge in [-0.25, -0.2) is 0 Å². The van der Waals surface area contributed by atoms with Crippen LogP contribution in [0.1, 0.15) is 33.5 Å². The molecule has 0 radical (unpaired) electrons. The minimum atomic E-state index is -5.02. The summed E-state index contributed by atoms with van der Waals surface area (Å²) in [5, 5.41) is 2.08. The molecule has 0 aliphatic carbocycles. The summed E-state index contributed by atoms with van der Waals surface area (Å²) in [5.41, 5.74) is -2.62. The molecule has 3 aromatic rings. The Balaban J connectivity index is 0.00000264. The van der Waals surface area contributed by atoms with E-state index in [1.807, 2.05) is 54.2 Å². The van der Waals surface area contributed by atoms with Crippen LogP contribution >= 0.6 is 36.6 Å². The van der Waals surface area contributed by atoms with Gasteiger partial charge in [-0.15, -0.1) is 24.8 Å². The van der Waals surface area contributed by atoms with Crippen molar-refractivity contribution in [3.05, 3.63) is 82.9 Å². The highest BCUT2D eigenvalue weighted by molar-refractivity contribution is 7.99. The van der Waals surface area contributed by atoms with Gasteiger partial charge in [-0.1, -0.05) is 42.5 Å². The number of amides is 1. The molecule has 0 aromatic heterocycles. The van der Waals surface area contributed by atoms with Crippen molar-refractivity contribution in [1.82, 2.24) is 14.7 Å². The molecule has 2 aliphatic heterocycles. The topological polar surface area (TPSA) is 26.8 Å². The third-order valence-corrected chi connectivity index (χ3v) is 8.94. The summed E-state index contributed by atoms with van der Waals surface area (Å²) in [6, 6.07) is 14.5. The van der Waals surface area contributed by atoms with Crippen molar-refractivity contribution >= 4 is 53.3 Å². The van der Waals surface area contributed by atoms with E-state index in [1.54, 1.807) is 0 Å². The third-order valence-electron chi connectivity index (χ3n) is 8.00. The van der Waals surface area contributed by atoms with Crippen LogP contribution in [-0.4, -0.2) is 84.0 Å². The number of hydrogen-bond acceptors (Lipinski definition) is 4. The standard InChI is InChI=1S/C31H33F6N3OS.2ClH/c32-30(33,34)26-18-25(19-27(20-26)31(35,36)37)29(41)40-11-10-39(9-3-8-38-12-14-42-15-13-38)21-28(40)17-22-6-7-23-4-1-2-5-24(23)16-22;;/h1-2,4-7,16,18-20,28H,3,8-15,17,21H2;2*1H/t28-;;/m1../s1. The molecule has 3 aromatic carbocycles. The predicted octanol–water partition coefficient (Wildman–Crippen LogP) is 7.53. The molecule has 44 heavy (non-hydrogen) atoms. The van der Waals surface area contributed by atoms with Crippen LogP contribution in [0.2, 0.25) is 0 Å². The van der Waals surface area contributed by atoms with Crippen LogP contribution < -0.4 is 0 Å². The highest BCUT2D eigenvalue weighted by atomic mass is 35.5. The van der Waals surface area contributed by atoms with E-state index in [-0.39, 0.29) is 37.4 Å². The summed E-state index contributed by atoms with van der Waals surface area (Å²) in [6.45, 7) is 5.11. The first-order valence-electron chi connectivity index (χ1n) is 14.1. The lowest BCUT2D eigenvalue weighted by atomic mass is 9.97. The van der Waals surface area contributed by atoms with Gasteiger partial charge in [0.1, 0.15) is 0 Å². The monoisotopic (exact) mass is 681 g/mol. The fourth-order valence-electron chi connectivity index (χ4n) is 5.79. The van der Waals surface area contributed by atoms with Gasteiger partial charge in [0.15, 0.2) is 0 Å². The van der Waals surface area contributed by atoms with Crippen LogP contribution in [0.5, 0.6) is 0 Å². The molecule has 1 atom stereocenters. The zero-order chi connectivity index (χ0) is 29.9. The van der Waals surface area contributed by atoms with Gasteiger partial charge in [-0.3, -0.25) is 9.69 Å². The van der Waals surface area contributed by atoms with Crippen molar-refractivity contribution in [3.8, 4) is 0 Å². The highest BCUT2D eigenvalue weighted by Crippen LogP contribution is 2.37. The number of fused-ring (bicyclic) bond motifs is 1. The number of thioether (sulfide) groups is 1. The molecule has 242 valence electrons. The number of rotatable bonds is 7. The van der Waals surface area contributed by atoms with Crippen LogP contribution in [0.25, 0.3) is 10.8 Å². The second kappa shape index (κ2) is 15.4. The SMILES string of the molecule is Cl.Cl.O=C(c1cc(C(F)(F)F)cc(C(F)(F)F)c1)N1CCN(CCCN2CCSCC2)C[C@H]1Cc1ccc2ccccc2c1. The summed E-state index contributed by atoms with van der Waals surface area (Å²) >= 11 is 1.95. The molecule has 1 amide bonds. The van der Waals surface area contributed by atoms with Gasteiger partial charge in [0.2, 0.25) is 0 Å². The largest absolute Gasteiger partial charge is 0.416 e. The zero-order valence-corrected chi connectivity index (χ0v) is 26.3. The van der Waals surface area contributed by atoms with Gasteiger partial charge in [0, 0.05) is 55.8 Å². The van der Waals surface area contributed by atoms with Gasteiger partial charge >= 0.3 is 12.4 Å². The van der Waals surface area contributed by atoms with E-state index >= 15 is 0 Å². The number of piperazine rings is 1. The molecular formula is C31H35Cl2F6N3OS. The molecular weight excluding hydrogens is 647 g/mol. The van der Waals surface area contributed by atoms with Crippen molar-refractivity contribution < 1.29 is 31.1 Å². The molecule has 2 saturated heterocycles. The van der Waals surface area contributed by atoms with E-state index in [0.29, 0.717) is 31.6 Å². The Morgan fingerprint density at radius 2 is 1.36 bits per heavy atom. The molecule has 2 fully saturated rings. The zero-order valence-electron chi connectivity index (χ0n) is 23.9. The molecule has 0 N–H and O–H groups in total. The van der Waals surface area contributed by atoms with Gasteiger partial charge in [0.25, 0.3) is 5.91 Å². The van der Waals surface area contributed by atoms with Crippen LogP contribution in [0, 0.1) is 0 Å². The van der Waals surface area contributed by atoms with Crippen LogP contribution in [0.3, 0.4) is 0 Å². The third kappa shape index (κ3) is 9.19. The van der Waals surface area contributed by atoms with Gasteiger partial charge in [-0.2, -0.15) is 38.1 Å². The van der Waals surface area contributed by atoms with Crippen molar-refractivity contribution in [1.29, 1.82) is 0 Å². The molecule has 2 aliphatic rings. The maximum Gasteiger partial charge on any atom is 0.416 e. The van der Waals surface area contributed by atoms with Crippen molar-refractivity contribution in [2.45, 2.75) is 31.2 Å². The van der Waals surface area contributed by atoms with E-state index in [2.05, 4.69) is 9.80 Å². The Morgan fingerprint density at radius 1 is 0.750 bits per heavy atom. The Kier molecular flexibility index (Phi) is 12.7. The van der Waals surface area contributed by atoms with E-state index in [9.17, 15) is 31.1 Å². The summed E-state index contributed by atoms with van der Waals surface area (Å²) in [4.78, 5) is 19.8. The normalized spacial score (nSPS) is 18.5. The van der Waals surface area contributed by atoms with E-state index in [1.165, 1.54) is 4.90 Å². The molecule has 0 spiro atoms. The first-order valence-corrected chi connectivity index (χ1v) is 15.2. The van der Waals surface area contributed by atoms with Crippen molar-refractivity contribution in [2.24, 2.45) is 0 Å². The fraction of sp³-hybridized carbons (Fsp3) is 0.452. The molecule has 2 heterocycles. The van der Waals surface area contributed by atoms with Gasteiger partial charge in [0.05, 0.1) is 11.1 Å². The minimum absolute atomic E-state index is 0. The summed E-state index contributed by atoms with van der Waals surface area (Å²) < 4.78 is 81.2. The Hall–Kier alpha value is -2.18. The molecule has 0 saturated carbocycles. The second-order valence-corrected chi connectivity index (χ2v) is 12.2. The minimum Gasteiger partial charge on any atom is -0.333 e. The molecule has 13 heteroatoms. The van der Waals surface area contributed by atoms with E-state index < -0.39 is 41.0 Å². The first kappa shape index (κ1) is 36.3. The van der Waals surface area contributed by atoms with Crippen LogP contribution in [0.15, 0.2) is 60.7 Å². The number of carbonyl (C=O) groups excluding carboxylic acids is 1. The lowest BCUT2D eigenvalue weighted by molar-refractivity contribution is -0.143. The van der Waals surface area contributed by atoms with Gasteiger partial charge in [-0.05, 0) is 60.5 Å². The summed E-state index contributed by atoms with van der Waals surface area (Å²) in [7, 11) is 0. The molecule has 0 unspecified atom stereocenters. The average molecular weight is 683 g/mol. The van der Waals surface area contributed by atoms with Gasteiger partial charge < -0.3 is 9.80 Å². The van der Waals surface area contributed by atoms with Crippen molar-refractivity contribution in [3.63, 3.8) is 0 Å². The summed E-state index contributed by atoms with van der Waals surface area (Å²) in [5.74, 6) is 1.43. The predicted molar refractivity (Wildman–Crippen MR) is 168 cm³/mol. The summed E-state index contributed by atoms with van der Waals surface area (Å²) in [6.07, 6.45) is -8.66. The number of hydrogen-bond donors (Lipinski definition) is 0. The van der Waals surface area contributed by atoms with E-state index in [4.69, 9.17) is 0 Å². The first-order chi connectivity index (χ1) is 20.0. The maximum absolute atomic E-state index is 13.7. The Morgan fingerprint density at radius 3 is 2.00 bits per heavy atom. The maximum atomic E-state index is 13.7. The number of halogens is 8. The molecule has 0 bridgehead atoms. The smallest absolute Gasteiger partial charge is 0.333 e.